The molecule has 1 N–H and O–H groups in total. The Hall–Kier alpha value is -1.34. The van der Waals surface area contributed by atoms with Crippen LogP contribution in [-0.2, 0) is 0 Å². The number of H-pyrrole nitrogens is 1. The smallest absolute Gasteiger partial charge is 0.282 e. The number of rotatable bonds is 1. The second-order valence-corrected chi connectivity index (χ2v) is 5.70. The van der Waals surface area contributed by atoms with Gasteiger partial charge in [-0.05, 0) is 53.8 Å². The van der Waals surface area contributed by atoms with Crippen LogP contribution in [0.5, 0.6) is 0 Å². The zero-order chi connectivity index (χ0) is 13.6. The van der Waals surface area contributed by atoms with Crippen LogP contribution in [0.2, 0.25) is 5.02 Å². The van der Waals surface area contributed by atoms with Gasteiger partial charge in [-0.25, -0.2) is 0 Å². The fourth-order valence-electron chi connectivity index (χ4n) is 1.89. The number of aromatic amines is 1. The zero-order valence-corrected chi connectivity index (χ0v) is 12.9. The molecule has 6 heteroatoms. The van der Waals surface area contributed by atoms with Gasteiger partial charge in [0.2, 0.25) is 0 Å². The molecule has 2 aliphatic rings. The summed E-state index contributed by atoms with van der Waals surface area (Å²) in [7, 11) is 0. The van der Waals surface area contributed by atoms with E-state index >= 15 is 0 Å². The van der Waals surface area contributed by atoms with E-state index in [1.807, 2.05) is 6.92 Å². The minimum absolute atomic E-state index is 0.133. The van der Waals surface area contributed by atoms with Gasteiger partial charge in [-0.3, -0.25) is 4.79 Å². The van der Waals surface area contributed by atoms with Crippen molar-refractivity contribution in [1.82, 2.24) is 14.8 Å². The second kappa shape index (κ2) is 4.64. The van der Waals surface area contributed by atoms with E-state index in [1.54, 1.807) is 30.5 Å². The van der Waals surface area contributed by atoms with Crippen LogP contribution in [0.4, 0.5) is 0 Å². The number of nitrogens with one attached hydrogen (secondary N) is 1. The molecule has 1 aromatic rings. The number of pyridine rings is 1. The van der Waals surface area contributed by atoms with Crippen LogP contribution in [0, 0.1) is 10.5 Å². The van der Waals surface area contributed by atoms with E-state index in [0.29, 0.717) is 16.3 Å². The van der Waals surface area contributed by atoms with E-state index in [0.717, 1.165) is 15.0 Å². The Labute approximate surface area is 127 Å². The zero-order valence-electron chi connectivity index (χ0n) is 9.95. The van der Waals surface area contributed by atoms with E-state index in [4.69, 9.17) is 11.6 Å². The van der Waals surface area contributed by atoms with Crippen molar-refractivity contribution in [2.75, 3.05) is 0 Å². The number of halogens is 2. The Balaban J connectivity index is 2.29. The number of hydrogen-bond donors (Lipinski definition) is 1. The van der Waals surface area contributed by atoms with Crippen molar-refractivity contribution in [2.45, 2.75) is 6.92 Å². The average Bonchev–Trinajstić information content (AvgIpc) is 2.73. The molecule has 0 atom stereocenters. The molecule has 0 saturated heterocycles. The van der Waals surface area contributed by atoms with Crippen LogP contribution in [0.25, 0.3) is 16.9 Å². The highest BCUT2D eigenvalue weighted by molar-refractivity contribution is 14.1. The maximum absolute atomic E-state index is 12.3. The Morgan fingerprint density at radius 3 is 2.68 bits per heavy atom. The normalized spacial score (nSPS) is 11.1. The number of fused-ring (bicyclic) bond motifs is 1. The third-order valence-electron chi connectivity index (χ3n) is 2.92. The quantitative estimate of drug-likeness (QED) is 0.654. The summed E-state index contributed by atoms with van der Waals surface area (Å²) in [6.07, 6.45) is 1.70. The molecule has 0 radical (unpaired) electrons. The highest BCUT2D eigenvalue weighted by Crippen LogP contribution is 2.24. The van der Waals surface area contributed by atoms with Gasteiger partial charge in [0, 0.05) is 16.9 Å². The number of hydrogen-bond acceptors (Lipinski definition) is 2. The Kier molecular flexibility index (Phi) is 3.10. The van der Waals surface area contributed by atoms with Crippen molar-refractivity contribution in [1.29, 1.82) is 0 Å². The topological polar surface area (TPSA) is 50.7 Å². The molecule has 0 fully saturated rings. The van der Waals surface area contributed by atoms with Crippen LogP contribution in [0.3, 0.4) is 0 Å². The standard InChI is InChI=1S/C13H9ClIN3O/c1-7-11(15)12-10(6-16-7)13(19)18(17-12)9-4-2-8(14)3-5-9/h2-6,16H,1H3. The highest BCUT2D eigenvalue weighted by Gasteiger charge is 2.19. The van der Waals surface area contributed by atoms with Crippen LogP contribution < -0.4 is 5.56 Å². The number of aromatic nitrogens is 3. The fraction of sp³-hybridized carbons (Fsp3) is 0.0769. The van der Waals surface area contributed by atoms with Crippen LogP contribution in [0.1, 0.15) is 5.69 Å². The van der Waals surface area contributed by atoms with E-state index in [1.165, 1.54) is 4.68 Å². The fourth-order valence-corrected chi connectivity index (χ4v) is 2.57. The van der Waals surface area contributed by atoms with Crippen LogP contribution in [0.15, 0.2) is 35.3 Å². The third kappa shape index (κ3) is 2.06. The molecule has 96 valence electrons. The molecule has 4 nitrogen and oxygen atoms in total. The Morgan fingerprint density at radius 2 is 2.00 bits per heavy atom. The van der Waals surface area contributed by atoms with Crippen molar-refractivity contribution in [3.8, 4) is 16.9 Å². The van der Waals surface area contributed by atoms with E-state index in [2.05, 4.69) is 32.7 Å². The minimum atomic E-state index is -0.133. The molecule has 0 aromatic heterocycles. The predicted molar refractivity (Wildman–Crippen MR) is 83.3 cm³/mol. The Bertz CT molecular complexity index is 776. The summed E-state index contributed by atoms with van der Waals surface area (Å²) in [6, 6.07) is 7.04. The van der Waals surface area contributed by atoms with Crippen LogP contribution >= 0.6 is 34.2 Å². The third-order valence-corrected chi connectivity index (χ3v) is 4.49. The SMILES string of the molecule is Cc1[nH]cc2c(=O)n(-c3ccc(Cl)cc3)nc-2c1I. The monoisotopic (exact) mass is 385 g/mol. The summed E-state index contributed by atoms with van der Waals surface area (Å²) in [5, 5.41) is 5.04. The first-order chi connectivity index (χ1) is 9.08. The lowest BCUT2D eigenvalue weighted by Gasteiger charge is -2.01. The van der Waals surface area contributed by atoms with E-state index in [9.17, 15) is 4.79 Å². The van der Waals surface area contributed by atoms with Gasteiger partial charge in [0.25, 0.3) is 5.56 Å². The Morgan fingerprint density at radius 1 is 1.32 bits per heavy atom. The molecule has 0 spiro atoms. The maximum Gasteiger partial charge on any atom is 0.282 e. The number of benzene rings is 1. The van der Waals surface area contributed by atoms with Gasteiger partial charge in [-0.15, -0.1) is 0 Å². The first-order valence-corrected chi connectivity index (χ1v) is 7.06. The second-order valence-electron chi connectivity index (χ2n) is 4.18. The number of aryl methyl sites for hydroxylation is 1. The molecule has 0 saturated carbocycles. The van der Waals surface area contributed by atoms with Gasteiger partial charge < -0.3 is 4.98 Å². The average molecular weight is 386 g/mol. The molecule has 0 amide bonds. The molecule has 1 aromatic carbocycles. The van der Waals surface area contributed by atoms with Crippen molar-refractivity contribution >= 4 is 34.2 Å². The van der Waals surface area contributed by atoms with E-state index in [-0.39, 0.29) is 5.56 Å². The maximum atomic E-state index is 12.3. The largest absolute Gasteiger partial charge is 0.363 e. The van der Waals surface area contributed by atoms with Crippen molar-refractivity contribution in [3.63, 3.8) is 0 Å². The summed E-state index contributed by atoms with van der Waals surface area (Å²) < 4.78 is 2.36. The van der Waals surface area contributed by atoms with Crippen LogP contribution in [-0.4, -0.2) is 14.8 Å². The molecule has 2 heterocycles. The summed E-state index contributed by atoms with van der Waals surface area (Å²) >= 11 is 8.04. The number of nitrogens with zero attached hydrogens (tertiary/aromatic N) is 2. The van der Waals surface area contributed by atoms with E-state index < -0.39 is 0 Å². The summed E-state index contributed by atoms with van der Waals surface area (Å²) in [4.78, 5) is 15.4. The molecule has 0 aliphatic carbocycles. The van der Waals surface area contributed by atoms with Crippen molar-refractivity contribution in [3.05, 3.63) is 55.1 Å². The van der Waals surface area contributed by atoms with Crippen molar-refractivity contribution in [2.24, 2.45) is 0 Å². The first-order valence-electron chi connectivity index (χ1n) is 5.60. The lowest BCUT2D eigenvalue weighted by molar-refractivity contribution is 0.856. The van der Waals surface area contributed by atoms with Gasteiger partial charge in [-0.2, -0.15) is 9.78 Å². The molecular weight excluding hydrogens is 377 g/mol. The van der Waals surface area contributed by atoms with Gasteiger partial charge in [0.1, 0.15) is 5.69 Å². The minimum Gasteiger partial charge on any atom is -0.363 e. The first kappa shape index (κ1) is 12.7. The lowest BCUT2D eigenvalue weighted by Crippen LogP contribution is -2.14. The van der Waals surface area contributed by atoms with Gasteiger partial charge in [0.15, 0.2) is 0 Å². The van der Waals surface area contributed by atoms with Gasteiger partial charge >= 0.3 is 0 Å². The molecule has 0 bridgehead atoms. The lowest BCUT2D eigenvalue weighted by atomic mass is 10.2. The molecule has 2 aliphatic heterocycles. The summed E-state index contributed by atoms with van der Waals surface area (Å²) in [5.74, 6) is 0. The molecule has 3 rings (SSSR count). The van der Waals surface area contributed by atoms with Gasteiger partial charge in [-0.1, -0.05) is 11.6 Å². The highest BCUT2D eigenvalue weighted by atomic mass is 127. The molecule has 19 heavy (non-hydrogen) atoms. The summed E-state index contributed by atoms with van der Waals surface area (Å²) in [6.45, 7) is 1.95. The van der Waals surface area contributed by atoms with Crippen molar-refractivity contribution < 1.29 is 0 Å². The predicted octanol–water partition coefficient (Wildman–Crippen LogP) is 3.23. The molecular formula is C13H9ClIN3O. The summed E-state index contributed by atoms with van der Waals surface area (Å²) in [5.41, 5.74) is 2.88. The molecule has 0 unspecified atom stereocenters. The van der Waals surface area contributed by atoms with Gasteiger partial charge in [0.05, 0.1) is 14.8 Å².